The van der Waals surface area contributed by atoms with E-state index >= 15 is 0 Å². The van der Waals surface area contributed by atoms with Crippen LogP contribution in [0.15, 0.2) is 24.3 Å². The van der Waals surface area contributed by atoms with Gasteiger partial charge in [-0.25, -0.2) is 0 Å². The van der Waals surface area contributed by atoms with E-state index in [-0.39, 0.29) is 0 Å². The Labute approximate surface area is 154 Å². The van der Waals surface area contributed by atoms with Crippen molar-refractivity contribution in [2.75, 3.05) is 38.7 Å². The molecule has 132 valence electrons. The van der Waals surface area contributed by atoms with Crippen molar-refractivity contribution < 1.29 is 9.47 Å². The first-order chi connectivity index (χ1) is 11.7. The molecule has 3 aliphatic heterocycles. The number of benzene rings is 1. The molecule has 0 saturated carbocycles. The molecular formula is C19H26ClNO2S. The Hall–Kier alpha value is -0.260. The molecule has 0 unspecified atom stereocenters. The number of hydrogen-bond donors (Lipinski definition) is 0. The highest BCUT2D eigenvalue weighted by molar-refractivity contribution is 8.01. The number of likely N-dealkylation sites (tertiary alicyclic amines) is 1. The second-order valence-electron chi connectivity index (χ2n) is 7.48. The summed E-state index contributed by atoms with van der Waals surface area (Å²) >= 11 is 8.09. The average Bonchev–Trinajstić information content (AvgIpc) is 3.00. The predicted octanol–water partition coefficient (Wildman–Crippen LogP) is 3.84. The van der Waals surface area contributed by atoms with Gasteiger partial charge in [-0.15, -0.1) is 11.8 Å². The van der Waals surface area contributed by atoms with Gasteiger partial charge in [-0.3, -0.25) is 4.90 Å². The lowest BCUT2D eigenvalue weighted by Gasteiger charge is -2.47. The van der Waals surface area contributed by atoms with E-state index < -0.39 is 0 Å². The lowest BCUT2D eigenvalue weighted by molar-refractivity contribution is -0.0133. The molecule has 0 bridgehead atoms. The molecule has 3 nitrogen and oxygen atoms in total. The van der Waals surface area contributed by atoms with E-state index in [1.165, 1.54) is 37.9 Å². The molecule has 24 heavy (non-hydrogen) atoms. The highest BCUT2D eigenvalue weighted by Crippen LogP contribution is 2.46. The second kappa shape index (κ2) is 7.55. The van der Waals surface area contributed by atoms with Crippen LogP contribution >= 0.6 is 23.4 Å². The first kappa shape index (κ1) is 17.2. The van der Waals surface area contributed by atoms with Gasteiger partial charge in [0.2, 0.25) is 0 Å². The van der Waals surface area contributed by atoms with Gasteiger partial charge in [-0.2, -0.15) is 0 Å². The largest absolute Gasteiger partial charge is 0.381 e. The molecule has 0 radical (unpaired) electrons. The van der Waals surface area contributed by atoms with E-state index in [4.69, 9.17) is 21.1 Å². The zero-order valence-electron chi connectivity index (χ0n) is 14.1. The Balaban J connectivity index is 1.19. The lowest BCUT2D eigenvalue weighted by Crippen LogP contribution is -2.58. The van der Waals surface area contributed by atoms with Crippen LogP contribution in [0.25, 0.3) is 0 Å². The molecule has 1 spiro atoms. The summed E-state index contributed by atoms with van der Waals surface area (Å²) in [6, 6.07) is 8.23. The molecule has 1 aromatic carbocycles. The molecule has 4 rings (SSSR count). The minimum Gasteiger partial charge on any atom is -0.381 e. The quantitative estimate of drug-likeness (QED) is 0.788. The molecular weight excluding hydrogens is 342 g/mol. The summed E-state index contributed by atoms with van der Waals surface area (Å²) in [5, 5.41) is 0.815. The number of hydrogen-bond acceptors (Lipinski definition) is 4. The van der Waals surface area contributed by atoms with E-state index in [2.05, 4.69) is 28.8 Å². The van der Waals surface area contributed by atoms with Crippen LogP contribution in [0.3, 0.4) is 0 Å². The molecule has 3 saturated heterocycles. The fraction of sp³-hybridized carbons (Fsp3) is 0.684. The van der Waals surface area contributed by atoms with Crippen molar-refractivity contribution in [3.8, 4) is 0 Å². The number of nitrogens with zero attached hydrogens (tertiary/aromatic N) is 1. The Morgan fingerprint density at radius 2 is 1.96 bits per heavy atom. The number of thioether (sulfide) groups is 1. The summed E-state index contributed by atoms with van der Waals surface area (Å²) in [7, 11) is 0. The minimum absolute atomic E-state index is 0.451. The Kier molecular flexibility index (Phi) is 5.40. The first-order valence-corrected chi connectivity index (χ1v) is 10.4. The van der Waals surface area contributed by atoms with E-state index in [0.717, 1.165) is 37.1 Å². The summed E-state index contributed by atoms with van der Waals surface area (Å²) in [5.74, 6) is 1.88. The van der Waals surface area contributed by atoms with Gasteiger partial charge in [0.05, 0.1) is 6.10 Å². The number of rotatable bonds is 5. The fourth-order valence-corrected chi connectivity index (χ4v) is 5.77. The van der Waals surface area contributed by atoms with E-state index in [1.54, 1.807) is 0 Å². The van der Waals surface area contributed by atoms with E-state index in [0.29, 0.717) is 16.8 Å². The highest BCUT2D eigenvalue weighted by atomic mass is 35.5. The van der Waals surface area contributed by atoms with Crippen LogP contribution in [0.1, 0.15) is 24.8 Å². The molecule has 0 aromatic heterocycles. The van der Waals surface area contributed by atoms with Crippen LogP contribution in [-0.4, -0.2) is 54.4 Å². The summed E-state index contributed by atoms with van der Waals surface area (Å²) in [6.07, 6.45) is 4.01. The van der Waals surface area contributed by atoms with Gasteiger partial charge in [-0.1, -0.05) is 23.7 Å². The molecule has 3 aliphatic rings. The number of ether oxygens (including phenoxy) is 2. The van der Waals surface area contributed by atoms with Crippen LogP contribution < -0.4 is 0 Å². The predicted molar refractivity (Wildman–Crippen MR) is 99.8 cm³/mol. The van der Waals surface area contributed by atoms with Crippen molar-refractivity contribution in [3.63, 3.8) is 0 Å². The standard InChI is InChI=1S/C19H26ClNO2S/c20-17-3-1-15(2-4-17)10-21-13-19(14-21)9-18(12-24-19)23-11-16-5-7-22-8-6-16/h1-4,16,18H,5-14H2/t18-/m1/s1. The Morgan fingerprint density at radius 1 is 1.21 bits per heavy atom. The third kappa shape index (κ3) is 4.10. The third-order valence-electron chi connectivity index (χ3n) is 5.43. The highest BCUT2D eigenvalue weighted by Gasteiger charge is 2.49. The lowest BCUT2D eigenvalue weighted by atomic mass is 9.92. The van der Waals surface area contributed by atoms with Crippen LogP contribution in [0.5, 0.6) is 0 Å². The maximum absolute atomic E-state index is 6.23. The zero-order chi connectivity index (χ0) is 16.4. The summed E-state index contributed by atoms with van der Waals surface area (Å²) in [6.45, 7) is 6.18. The van der Waals surface area contributed by atoms with Crippen LogP contribution in [0.4, 0.5) is 0 Å². The minimum atomic E-state index is 0.451. The van der Waals surface area contributed by atoms with Crippen LogP contribution in [0, 0.1) is 5.92 Å². The first-order valence-electron chi connectivity index (χ1n) is 9.01. The molecule has 1 aromatic rings. The van der Waals surface area contributed by atoms with Crippen molar-refractivity contribution in [1.29, 1.82) is 0 Å². The van der Waals surface area contributed by atoms with Gasteiger partial charge in [0.1, 0.15) is 0 Å². The molecule has 3 heterocycles. The maximum Gasteiger partial charge on any atom is 0.0680 e. The monoisotopic (exact) mass is 367 g/mol. The van der Waals surface area contributed by atoms with E-state index in [9.17, 15) is 0 Å². The van der Waals surface area contributed by atoms with Gasteiger partial charge in [0.25, 0.3) is 0 Å². The van der Waals surface area contributed by atoms with Crippen molar-refractivity contribution in [2.45, 2.75) is 36.7 Å². The third-order valence-corrected chi connectivity index (χ3v) is 7.25. The van der Waals surface area contributed by atoms with Gasteiger partial charge >= 0.3 is 0 Å². The van der Waals surface area contributed by atoms with Gasteiger partial charge in [-0.05, 0) is 42.9 Å². The van der Waals surface area contributed by atoms with Crippen LogP contribution in [-0.2, 0) is 16.0 Å². The number of halogens is 1. The van der Waals surface area contributed by atoms with Crippen LogP contribution in [0.2, 0.25) is 5.02 Å². The van der Waals surface area contributed by atoms with Gasteiger partial charge in [0, 0.05) is 55.0 Å². The van der Waals surface area contributed by atoms with Gasteiger partial charge in [0.15, 0.2) is 0 Å². The molecule has 5 heteroatoms. The fourth-order valence-electron chi connectivity index (χ4n) is 4.04. The van der Waals surface area contributed by atoms with Crippen molar-refractivity contribution in [1.82, 2.24) is 4.90 Å². The average molecular weight is 368 g/mol. The Bertz CT molecular complexity index is 541. The SMILES string of the molecule is Clc1ccc(CN2CC3(C[C@@H](OCC4CCOCC4)CS3)C2)cc1. The summed E-state index contributed by atoms with van der Waals surface area (Å²) in [4.78, 5) is 2.54. The zero-order valence-corrected chi connectivity index (χ0v) is 15.7. The Morgan fingerprint density at radius 3 is 2.71 bits per heavy atom. The molecule has 0 aliphatic carbocycles. The topological polar surface area (TPSA) is 21.7 Å². The smallest absolute Gasteiger partial charge is 0.0680 e. The normalized spacial score (nSPS) is 27.5. The summed E-state index contributed by atoms with van der Waals surface area (Å²) < 4.78 is 12.1. The van der Waals surface area contributed by atoms with Crippen molar-refractivity contribution >= 4 is 23.4 Å². The molecule has 3 fully saturated rings. The second-order valence-corrected chi connectivity index (χ2v) is 9.41. The van der Waals surface area contributed by atoms with Gasteiger partial charge < -0.3 is 9.47 Å². The molecule has 0 N–H and O–H groups in total. The summed E-state index contributed by atoms with van der Waals surface area (Å²) in [5.41, 5.74) is 1.35. The molecule has 1 atom stereocenters. The van der Waals surface area contributed by atoms with Crippen molar-refractivity contribution in [2.24, 2.45) is 5.92 Å². The molecule has 0 amide bonds. The van der Waals surface area contributed by atoms with Crippen molar-refractivity contribution in [3.05, 3.63) is 34.9 Å². The maximum atomic E-state index is 6.23. The van der Waals surface area contributed by atoms with E-state index in [1.807, 2.05) is 12.1 Å².